The van der Waals surface area contributed by atoms with Gasteiger partial charge >= 0.3 is 12.2 Å². The van der Waals surface area contributed by atoms with Gasteiger partial charge in [-0.2, -0.15) is 0 Å². The molecule has 0 spiro atoms. The molecule has 1 N–H and O–H groups in total. The number of carbonyl (C=O) groups excluding carboxylic acids is 2. The molecule has 8 nitrogen and oxygen atoms in total. The number of halogens is 1. The summed E-state index contributed by atoms with van der Waals surface area (Å²) in [6, 6.07) is 1.48. The summed E-state index contributed by atoms with van der Waals surface area (Å²) in [6.07, 6.45) is -0.959. The highest BCUT2D eigenvalue weighted by molar-refractivity contribution is 9.09. The molecular formula is C16H22BrN3O5. The zero-order valence-corrected chi connectivity index (χ0v) is 16.5. The van der Waals surface area contributed by atoms with Crippen LogP contribution in [0.15, 0.2) is 12.3 Å². The Morgan fingerprint density at radius 1 is 1.24 bits per heavy atom. The maximum absolute atomic E-state index is 12.3. The van der Waals surface area contributed by atoms with Crippen molar-refractivity contribution in [3.05, 3.63) is 23.8 Å². The molecule has 0 bridgehead atoms. The summed E-state index contributed by atoms with van der Waals surface area (Å²) in [5.41, 5.74) is -1.79. The second kappa shape index (κ2) is 7.90. The van der Waals surface area contributed by atoms with Gasteiger partial charge in [0.2, 0.25) is 0 Å². The van der Waals surface area contributed by atoms with E-state index in [1.807, 2.05) is 0 Å². The van der Waals surface area contributed by atoms with Crippen LogP contribution in [0.4, 0.5) is 9.59 Å². The van der Waals surface area contributed by atoms with Gasteiger partial charge in [-0.25, -0.2) is 24.5 Å². The second-order valence-electron chi connectivity index (χ2n) is 7.00. The van der Waals surface area contributed by atoms with Crippen molar-refractivity contribution in [3.63, 3.8) is 0 Å². The number of imide groups is 1. The molecule has 0 aromatic carbocycles. The number of hydrogen-bond donors (Lipinski definition) is 1. The predicted molar refractivity (Wildman–Crippen MR) is 94.0 cm³/mol. The van der Waals surface area contributed by atoms with Crippen molar-refractivity contribution in [2.75, 3.05) is 5.33 Å². The first-order valence-corrected chi connectivity index (χ1v) is 8.67. The van der Waals surface area contributed by atoms with Crippen LogP contribution < -0.4 is 0 Å². The molecule has 0 aliphatic rings. The van der Waals surface area contributed by atoms with Crippen molar-refractivity contribution in [1.82, 2.24) is 14.9 Å². The van der Waals surface area contributed by atoms with E-state index in [4.69, 9.17) is 4.74 Å². The van der Waals surface area contributed by atoms with Crippen LogP contribution in [0.25, 0.3) is 0 Å². The molecule has 0 fully saturated rings. The fourth-order valence-electron chi connectivity index (χ4n) is 2.07. The number of nitrogens with zero attached hydrogens (tertiary/aromatic N) is 3. The van der Waals surface area contributed by atoms with Gasteiger partial charge in [0.15, 0.2) is 5.78 Å². The van der Waals surface area contributed by atoms with Gasteiger partial charge in [-0.1, -0.05) is 15.9 Å². The molecule has 138 valence electrons. The Bertz CT molecular complexity index is 670. The van der Waals surface area contributed by atoms with E-state index in [1.165, 1.54) is 12.3 Å². The number of ketones is 1. The molecular weight excluding hydrogens is 394 g/mol. The average molecular weight is 416 g/mol. The fourth-order valence-corrected chi connectivity index (χ4v) is 2.35. The van der Waals surface area contributed by atoms with Crippen LogP contribution in [-0.2, 0) is 11.2 Å². The summed E-state index contributed by atoms with van der Waals surface area (Å²) in [4.78, 5) is 44.4. The zero-order valence-electron chi connectivity index (χ0n) is 14.9. The smallest absolute Gasteiger partial charge is 0.420 e. The lowest BCUT2D eigenvalue weighted by atomic mass is 9.98. The summed E-state index contributed by atoms with van der Waals surface area (Å²) in [5.74, 6) is 0.0373. The minimum Gasteiger partial charge on any atom is -0.465 e. The Kier molecular flexibility index (Phi) is 6.64. The minimum absolute atomic E-state index is 0.0297. The Morgan fingerprint density at radius 3 is 2.32 bits per heavy atom. The molecule has 9 heteroatoms. The first-order valence-electron chi connectivity index (χ1n) is 7.54. The highest BCUT2D eigenvalue weighted by atomic mass is 79.9. The SMILES string of the molecule is CC(C)(C)OC(=O)N(C(=O)O)C(C)(C)Cc1nccc(C(=O)CBr)n1. The zero-order chi connectivity index (χ0) is 19.4. The molecule has 1 heterocycles. The van der Waals surface area contributed by atoms with Crippen molar-refractivity contribution >= 4 is 33.9 Å². The number of alkyl halides is 1. The van der Waals surface area contributed by atoms with Crippen molar-refractivity contribution in [2.45, 2.75) is 52.2 Å². The van der Waals surface area contributed by atoms with Gasteiger partial charge in [0.25, 0.3) is 0 Å². The first-order chi connectivity index (χ1) is 11.4. The van der Waals surface area contributed by atoms with Gasteiger partial charge in [-0.05, 0) is 40.7 Å². The normalized spacial score (nSPS) is 11.8. The highest BCUT2D eigenvalue weighted by Crippen LogP contribution is 2.22. The number of carboxylic acid groups (broad SMARTS) is 1. The number of amides is 2. The molecule has 0 saturated heterocycles. The number of ether oxygens (including phenoxy) is 1. The lowest BCUT2D eigenvalue weighted by molar-refractivity contribution is 0.00767. The fraction of sp³-hybridized carbons (Fsp3) is 0.562. The van der Waals surface area contributed by atoms with Crippen molar-refractivity contribution in [2.24, 2.45) is 0 Å². The summed E-state index contributed by atoms with van der Waals surface area (Å²) in [6.45, 7) is 8.07. The quantitative estimate of drug-likeness (QED) is 0.579. The Labute approximate surface area is 154 Å². The molecule has 1 aromatic rings. The van der Waals surface area contributed by atoms with Crippen LogP contribution in [0, 0.1) is 0 Å². The molecule has 1 aromatic heterocycles. The van der Waals surface area contributed by atoms with Gasteiger partial charge in [-0.3, -0.25) is 4.79 Å². The van der Waals surface area contributed by atoms with E-state index in [9.17, 15) is 19.5 Å². The van der Waals surface area contributed by atoms with Crippen molar-refractivity contribution in [3.8, 4) is 0 Å². The number of aromatic nitrogens is 2. The molecule has 0 atom stereocenters. The third kappa shape index (κ3) is 6.08. The van der Waals surface area contributed by atoms with Crippen LogP contribution in [0.5, 0.6) is 0 Å². The topological polar surface area (TPSA) is 110 Å². The summed E-state index contributed by atoms with van der Waals surface area (Å²) in [7, 11) is 0. The summed E-state index contributed by atoms with van der Waals surface area (Å²) in [5, 5.41) is 9.58. The van der Waals surface area contributed by atoms with Gasteiger partial charge in [0.1, 0.15) is 17.1 Å². The lowest BCUT2D eigenvalue weighted by Crippen LogP contribution is -2.53. The molecule has 2 amide bonds. The predicted octanol–water partition coefficient (Wildman–Crippen LogP) is 3.29. The van der Waals surface area contributed by atoms with E-state index in [0.717, 1.165) is 0 Å². The molecule has 0 aliphatic carbocycles. The van der Waals surface area contributed by atoms with E-state index in [0.29, 0.717) is 4.90 Å². The van der Waals surface area contributed by atoms with Crippen molar-refractivity contribution < 1.29 is 24.2 Å². The second-order valence-corrected chi connectivity index (χ2v) is 7.56. The molecule has 0 unspecified atom stereocenters. The third-order valence-electron chi connectivity index (χ3n) is 3.08. The standard InChI is InChI=1S/C16H22BrN3O5/c1-15(2,3)25-14(24)20(13(22)23)16(4,5)8-12-18-7-6-10(19-12)11(21)9-17/h6-7H,8-9H2,1-5H3,(H,22,23). The van der Waals surface area contributed by atoms with E-state index in [-0.39, 0.29) is 29.1 Å². The van der Waals surface area contributed by atoms with Crippen LogP contribution in [0.3, 0.4) is 0 Å². The van der Waals surface area contributed by atoms with Gasteiger partial charge < -0.3 is 9.84 Å². The Balaban J connectivity index is 3.09. The number of hydrogen-bond acceptors (Lipinski definition) is 6. The van der Waals surface area contributed by atoms with Gasteiger partial charge in [-0.15, -0.1) is 0 Å². The molecule has 0 radical (unpaired) electrons. The molecule has 1 rings (SSSR count). The third-order valence-corrected chi connectivity index (χ3v) is 3.59. The maximum Gasteiger partial charge on any atom is 0.420 e. The summed E-state index contributed by atoms with van der Waals surface area (Å²) >= 11 is 3.07. The van der Waals surface area contributed by atoms with Crippen LogP contribution in [0.1, 0.15) is 50.9 Å². The van der Waals surface area contributed by atoms with E-state index in [1.54, 1.807) is 34.6 Å². The number of carbonyl (C=O) groups is 3. The van der Waals surface area contributed by atoms with Crippen LogP contribution in [0.2, 0.25) is 0 Å². The van der Waals surface area contributed by atoms with Crippen molar-refractivity contribution in [1.29, 1.82) is 0 Å². The molecule has 0 saturated carbocycles. The summed E-state index contributed by atoms with van der Waals surface area (Å²) < 4.78 is 5.17. The van der Waals surface area contributed by atoms with Gasteiger partial charge in [0, 0.05) is 12.6 Å². The van der Waals surface area contributed by atoms with E-state index < -0.39 is 23.3 Å². The largest absolute Gasteiger partial charge is 0.465 e. The minimum atomic E-state index is -1.44. The Hall–Kier alpha value is -2.03. The molecule has 0 aliphatic heterocycles. The van der Waals surface area contributed by atoms with E-state index >= 15 is 0 Å². The monoisotopic (exact) mass is 415 g/mol. The molecule has 25 heavy (non-hydrogen) atoms. The number of Topliss-reactive ketones (excluding diaryl/α,β-unsaturated/α-hetero) is 1. The number of rotatable bonds is 5. The van der Waals surface area contributed by atoms with Gasteiger partial charge in [0.05, 0.1) is 10.9 Å². The van der Waals surface area contributed by atoms with Crippen LogP contribution in [-0.4, -0.2) is 54.4 Å². The maximum atomic E-state index is 12.3. The first kappa shape index (κ1) is 21.0. The van der Waals surface area contributed by atoms with Crippen LogP contribution >= 0.6 is 15.9 Å². The Morgan fingerprint density at radius 2 is 1.84 bits per heavy atom. The average Bonchev–Trinajstić information content (AvgIpc) is 2.43. The van der Waals surface area contributed by atoms with E-state index in [2.05, 4.69) is 25.9 Å². The highest BCUT2D eigenvalue weighted by Gasteiger charge is 2.40. The lowest BCUT2D eigenvalue weighted by Gasteiger charge is -2.35.